The van der Waals surface area contributed by atoms with Crippen molar-refractivity contribution in [3.05, 3.63) is 36.4 Å². The summed E-state index contributed by atoms with van der Waals surface area (Å²) in [5.74, 6) is 0.580. The summed E-state index contributed by atoms with van der Waals surface area (Å²) in [5, 5.41) is 13.6. The van der Waals surface area contributed by atoms with Crippen LogP contribution in [0, 0.1) is 11.3 Å². The summed E-state index contributed by atoms with van der Waals surface area (Å²) in [6, 6.07) is 5.98. The van der Waals surface area contributed by atoms with E-state index in [0.29, 0.717) is 24.0 Å². The number of nitrogens with one attached hydrogen (secondary N) is 1. The molecule has 10 nitrogen and oxygen atoms in total. The second-order valence-corrected chi connectivity index (χ2v) is 14.0. The Labute approximate surface area is 249 Å². The Morgan fingerprint density at radius 3 is 2.52 bits per heavy atom. The molecule has 42 heavy (non-hydrogen) atoms. The van der Waals surface area contributed by atoms with Crippen LogP contribution in [-0.2, 0) is 20.9 Å². The second kappa shape index (κ2) is 11.5. The summed E-state index contributed by atoms with van der Waals surface area (Å²) in [5.41, 5.74) is 2.34. The first kappa shape index (κ1) is 28.9. The average Bonchev–Trinajstić information content (AvgIpc) is 3.54. The minimum absolute atomic E-state index is 0.0193. The summed E-state index contributed by atoms with van der Waals surface area (Å²) in [6.45, 7) is 7.28. The number of aliphatic hydroxyl groups is 1. The molecule has 2 aromatic heterocycles. The van der Waals surface area contributed by atoms with E-state index in [2.05, 4.69) is 20.3 Å². The van der Waals surface area contributed by atoms with E-state index in [1.54, 1.807) is 17.3 Å². The van der Waals surface area contributed by atoms with Gasteiger partial charge < -0.3 is 24.8 Å². The SMILES string of the molecule is CC(C)(C)OC(=O)N1CCC2(CC1)CC(C(=O)Nc1nc3ccc(-c4cnc(CO[C@H]5CCC[C@@H]5O)nc4)cc3s1)C2. The van der Waals surface area contributed by atoms with Gasteiger partial charge in [0.15, 0.2) is 11.0 Å². The van der Waals surface area contributed by atoms with Crippen molar-refractivity contribution >= 4 is 38.7 Å². The van der Waals surface area contributed by atoms with E-state index in [9.17, 15) is 14.7 Å². The van der Waals surface area contributed by atoms with Crippen LogP contribution in [0.25, 0.3) is 21.3 Å². The molecule has 1 aromatic carbocycles. The van der Waals surface area contributed by atoms with Crippen LogP contribution in [0.1, 0.15) is 71.5 Å². The van der Waals surface area contributed by atoms with Gasteiger partial charge in [-0.2, -0.15) is 0 Å². The Morgan fingerprint density at radius 1 is 1.12 bits per heavy atom. The van der Waals surface area contributed by atoms with Gasteiger partial charge in [0, 0.05) is 37.0 Å². The molecule has 2 aliphatic carbocycles. The first-order valence-electron chi connectivity index (χ1n) is 14.9. The Kier molecular flexibility index (Phi) is 7.93. The number of thiazole rings is 1. The normalized spacial score (nSPS) is 22.3. The first-order chi connectivity index (χ1) is 20.1. The molecule has 2 N–H and O–H groups in total. The van der Waals surface area contributed by atoms with Gasteiger partial charge in [-0.3, -0.25) is 4.79 Å². The van der Waals surface area contributed by atoms with Crippen LogP contribution in [0.5, 0.6) is 0 Å². The van der Waals surface area contributed by atoms with Gasteiger partial charge >= 0.3 is 6.09 Å². The Balaban J connectivity index is 1.01. The zero-order chi connectivity index (χ0) is 29.5. The van der Waals surface area contributed by atoms with Crippen LogP contribution in [0.15, 0.2) is 30.6 Å². The van der Waals surface area contributed by atoms with Crippen LogP contribution >= 0.6 is 11.3 Å². The Bertz CT molecular complexity index is 1440. The number of piperidine rings is 1. The van der Waals surface area contributed by atoms with E-state index in [1.807, 2.05) is 39.0 Å². The van der Waals surface area contributed by atoms with Crippen LogP contribution in [-0.4, -0.2) is 67.9 Å². The molecule has 2 amide bonds. The maximum Gasteiger partial charge on any atom is 0.410 e. The largest absolute Gasteiger partial charge is 0.444 e. The molecule has 0 radical (unpaired) electrons. The molecule has 3 heterocycles. The lowest BCUT2D eigenvalue weighted by Gasteiger charge is -2.51. The molecule has 11 heteroatoms. The maximum atomic E-state index is 13.0. The van der Waals surface area contributed by atoms with Crippen molar-refractivity contribution in [1.29, 1.82) is 0 Å². The second-order valence-electron chi connectivity index (χ2n) is 13.0. The van der Waals surface area contributed by atoms with Gasteiger partial charge in [-0.1, -0.05) is 17.4 Å². The summed E-state index contributed by atoms with van der Waals surface area (Å²) < 4.78 is 12.3. The quantitative estimate of drug-likeness (QED) is 0.381. The van der Waals surface area contributed by atoms with E-state index in [4.69, 9.17) is 9.47 Å². The summed E-state index contributed by atoms with van der Waals surface area (Å²) >= 11 is 1.46. The molecule has 224 valence electrons. The number of aromatic nitrogens is 3. The number of carbonyl (C=O) groups is 2. The maximum absolute atomic E-state index is 13.0. The van der Waals surface area contributed by atoms with Gasteiger partial charge in [0.05, 0.1) is 22.4 Å². The lowest BCUT2D eigenvalue weighted by molar-refractivity contribution is -0.129. The molecule has 3 fully saturated rings. The predicted octanol–water partition coefficient (Wildman–Crippen LogP) is 5.55. The van der Waals surface area contributed by atoms with Crippen molar-refractivity contribution in [1.82, 2.24) is 19.9 Å². The van der Waals surface area contributed by atoms with Crippen molar-refractivity contribution < 1.29 is 24.2 Å². The zero-order valence-corrected chi connectivity index (χ0v) is 25.3. The third-order valence-corrected chi connectivity index (χ3v) is 9.64. The molecule has 1 saturated heterocycles. The van der Waals surface area contributed by atoms with E-state index in [1.165, 1.54) is 11.3 Å². The molecule has 3 aromatic rings. The van der Waals surface area contributed by atoms with Gasteiger partial charge in [0.1, 0.15) is 12.2 Å². The number of ether oxygens (including phenoxy) is 2. The van der Waals surface area contributed by atoms with Crippen molar-refractivity contribution in [3.63, 3.8) is 0 Å². The number of anilines is 1. The number of likely N-dealkylation sites (tertiary alicyclic amines) is 1. The smallest absolute Gasteiger partial charge is 0.410 e. The van der Waals surface area contributed by atoms with Crippen molar-refractivity contribution in [2.75, 3.05) is 18.4 Å². The monoisotopic (exact) mass is 593 g/mol. The molecule has 1 aliphatic heterocycles. The van der Waals surface area contributed by atoms with Gasteiger partial charge in [0.25, 0.3) is 0 Å². The third kappa shape index (κ3) is 6.43. The fourth-order valence-electron chi connectivity index (χ4n) is 6.30. The van der Waals surface area contributed by atoms with Crippen LogP contribution in [0.2, 0.25) is 0 Å². The minimum Gasteiger partial charge on any atom is -0.444 e. The predicted molar refractivity (Wildman–Crippen MR) is 160 cm³/mol. The lowest BCUT2D eigenvalue weighted by atomic mass is 9.57. The number of benzene rings is 1. The highest BCUT2D eigenvalue weighted by molar-refractivity contribution is 7.22. The molecule has 0 unspecified atom stereocenters. The van der Waals surface area contributed by atoms with E-state index in [0.717, 1.165) is 66.3 Å². The van der Waals surface area contributed by atoms with Gasteiger partial charge in [0.2, 0.25) is 5.91 Å². The molecule has 6 rings (SSSR count). The lowest BCUT2D eigenvalue weighted by Crippen LogP contribution is -2.51. The number of nitrogens with zero attached hydrogens (tertiary/aromatic N) is 4. The summed E-state index contributed by atoms with van der Waals surface area (Å²) in [6.07, 6.45) is 8.92. The van der Waals surface area contributed by atoms with Crippen LogP contribution in [0.3, 0.4) is 0 Å². The van der Waals surface area contributed by atoms with E-state index in [-0.39, 0.29) is 36.0 Å². The Morgan fingerprint density at radius 2 is 1.86 bits per heavy atom. The molecule has 2 atom stereocenters. The number of fused-ring (bicyclic) bond motifs is 1. The highest BCUT2D eigenvalue weighted by Gasteiger charge is 2.49. The van der Waals surface area contributed by atoms with Crippen LogP contribution in [0.4, 0.5) is 9.93 Å². The number of carbonyl (C=O) groups excluding carboxylic acids is 2. The molecule has 0 bridgehead atoms. The van der Waals surface area contributed by atoms with Crippen molar-refractivity contribution in [3.8, 4) is 11.1 Å². The standard InChI is InChI=1S/C31H39N5O5S/c1-30(2,3)41-29(39)36-11-9-31(10-12-36)14-20(15-31)27(38)35-28-34-22-8-7-19(13-25(22)42-28)21-16-32-26(33-17-21)18-40-24-6-4-5-23(24)37/h7-8,13,16-17,20,23-24,37H,4-6,9-12,14-15,18H2,1-3H3,(H,34,35,38)/t23-,24-/m0/s1. The highest BCUT2D eigenvalue weighted by atomic mass is 32.1. The minimum atomic E-state index is -0.496. The Hall–Kier alpha value is -3.15. The molecular weight excluding hydrogens is 554 g/mol. The van der Waals surface area contributed by atoms with E-state index < -0.39 is 11.7 Å². The van der Waals surface area contributed by atoms with Crippen LogP contribution < -0.4 is 5.32 Å². The number of hydrogen-bond acceptors (Lipinski definition) is 9. The summed E-state index contributed by atoms with van der Waals surface area (Å²) in [4.78, 5) is 40.7. The topological polar surface area (TPSA) is 127 Å². The third-order valence-electron chi connectivity index (χ3n) is 8.71. The number of rotatable bonds is 6. The number of hydrogen-bond donors (Lipinski definition) is 2. The van der Waals surface area contributed by atoms with Crippen molar-refractivity contribution in [2.24, 2.45) is 11.3 Å². The highest BCUT2D eigenvalue weighted by Crippen LogP contribution is 2.53. The molecule has 2 saturated carbocycles. The molecular formula is C31H39N5O5S. The first-order valence-corrected chi connectivity index (χ1v) is 15.7. The van der Waals surface area contributed by atoms with Gasteiger partial charge in [-0.05, 0) is 88.8 Å². The fourth-order valence-corrected chi connectivity index (χ4v) is 7.20. The summed E-state index contributed by atoms with van der Waals surface area (Å²) in [7, 11) is 0. The fraction of sp³-hybridized carbons (Fsp3) is 0.581. The van der Waals surface area contributed by atoms with Crippen molar-refractivity contribution in [2.45, 2.75) is 90.1 Å². The van der Waals surface area contributed by atoms with E-state index >= 15 is 0 Å². The molecule has 1 spiro atoms. The van der Waals surface area contributed by atoms with Gasteiger partial charge in [-0.15, -0.1) is 0 Å². The number of aliphatic hydroxyl groups excluding tert-OH is 1. The average molecular weight is 594 g/mol. The van der Waals surface area contributed by atoms with Gasteiger partial charge in [-0.25, -0.2) is 19.7 Å². The zero-order valence-electron chi connectivity index (χ0n) is 24.5. The molecule has 3 aliphatic rings. The number of amides is 2.